The number of carbonyl (C=O) groups is 2. The number of nitrogens with two attached hydrogens (primary N) is 1. The predicted molar refractivity (Wildman–Crippen MR) is 82.7 cm³/mol. The van der Waals surface area contributed by atoms with E-state index in [0.29, 0.717) is 26.1 Å². The van der Waals surface area contributed by atoms with Gasteiger partial charge in [0.25, 0.3) is 0 Å². The summed E-state index contributed by atoms with van der Waals surface area (Å²) in [6, 6.07) is 0. The van der Waals surface area contributed by atoms with Crippen LogP contribution in [0.2, 0.25) is 0 Å². The molecule has 0 aromatic carbocycles. The van der Waals surface area contributed by atoms with Gasteiger partial charge in [0.15, 0.2) is 0 Å². The summed E-state index contributed by atoms with van der Waals surface area (Å²) in [5.41, 5.74) is 4.91. The Morgan fingerprint density at radius 3 is 2.38 bits per heavy atom. The molecule has 21 heavy (non-hydrogen) atoms. The first-order valence-electron chi connectivity index (χ1n) is 7.50. The normalized spacial score (nSPS) is 21.6. The SMILES string of the molecule is NC(=S)C1(C(=O)NCC(=O)N2CCCCC2)CCOCC1. The van der Waals surface area contributed by atoms with E-state index in [1.807, 2.05) is 0 Å². The lowest BCUT2D eigenvalue weighted by Gasteiger charge is -2.35. The molecule has 0 aromatic heterocycles. The van der Waals surface area contributed by atoms with E-state index in [2.05, 4.69) is 5.32 Å². The topological polar surface area (TPSA) is 84.7 Å². The molecular formula is C14H23N3O3S. The highest BCUT2D eigenvalue weighted by Crippen LogP contribution is 2.31. The van der Waals surface area contributed by atoms with E-state index in [1.54, 1.807) is 4.90 Å². The molecule has 0 spiro atoms. The number of piperidine rings is 1. The van der Waals surface area contributed by atoms with E-state index in [-0.39, 0.29) is 23.3 Å². The summed E-state index contributed by atoms with van der Waals surface area (Å²) in [6.45, 7) is 2.51. The van der Waals surface area contributed by atoms with Crippen LogP contribution in [0.5, 0.6) is 0 Å². The zero-order chi connectivity index (χ0) is 15.3. The van der Waals surface area contributed by atoms with E-state index in [0.717, 1.165) is 25.9 Å². The fourth-order valence-corrected chi connectivity index (χ4v) is 3.18. The Balaban J connectivity index is 1.90. The van der Waals surface area contributed by atoms with Crippen LogP contribution in [0.4, 0.5) is 0 Å². The number of ether oxygens (including phenoxy) is 1. The van der Waals surface area contributed by atoms with E-state index in [9.17, 15) is 9.59 Å². The van der Waals surface area contributed by atoms with Gasteiger partial charge in [-0.3, -0.25) is 9.59 Å². The van der Waals surface area contributed by atoms with Crippen LogP contribution in [0.1, 0.15) is 32.1 Å². The fraction of sp³-hybridized carbons (Fsp3) is 0.786. The Morgan fingerprint density at radius 2 is 1.81 bits per heavy atom. The maximum Gasteiger partial charge on any atom is 0.241 e. The molecule has 0 bridgehead atoms. The van der Waals surface area contributed by atoms with Gasteiger partial charge in [-0.2, -0.15) is 0 Å². The molecular weight excluding hydrogens is 290 g/mol. The highest BCUT2D eigenvalue weighted by atomic mass is 32.1. The smallest absolute Gasteiger partial charge is 0.241 e. The van der Waals surface area contributed by atoms with Crippen molar-refractivity contribution in [2.75, 3.05) is 32.8 Å². The second-order valence-corrected chi connectivity index (χ2v) is 6.12. The summed E-state index contributed by atoms with van der Waals surface area (Å²) < 4.78 is 5.28. The van der Waals surface area contributed by atoms with Gasteiger partial charge in [-0.25, -0.2) is 0 Å². The van der Waals surface area contributed by atoms with Crippen molar-refractivity contribution in [3.8, 4) is 0 Å². The number of hydrogen-bond acceptors (Lipinski definition) is 4. The molecule has 0 aromatic rings. The Labute approximate surface area is 130 Å². The monoisotopic (exact) mass is 313 g/mol. The standard InChI is InChI=1S/C14H23N3O3S/c15-12(21)14(4-8-20-9-5-14)13(19)16-10-11(18)17-6-2-1-3-7-17/h1-10H2,(H2,15,21)(H,16,19). The molecule has 6 nitrogen and oxygen atoms in total. The maximum absolute atomic E-state index is 12.4. The van der Waals surface area contributed by atoms with Crippen LogP contribution >= 0.6 is 12.2 Å². The van der Waals surface area contributed by atoms with Gasteiger partial charge < -0.3 is 20.7 Å². The lowest BCUT2D eigenvalue weighted by atomic mass is 9.79. The van der Waals surface area contributed by atoms with Crippen LogP contribution in [-0.4, -0.2) is 54.6 Å². The van der Waals surface area contributed by atoms with Gasteiger partial charge in [0.2, 0.25) is 11.8 Å². The number of nitrogens with one attached hydrogen (secondary N) is 1. The third-order valence-electron chi connectivity index (χ3n) is 4.36. The van der Waals surface area contributed by atoms with Crippen molar-refractivity contribution in [1.29, 1.82) is 0 Å². The Bertz CT molecular complexity index is 416. The van der Waals surface area contributed by atoms with Crippen molar-refractivity contribution >= 4 is 29.0 Å². The minimum Gasteiger partial charge on any atom is -0.392 e. The van der Waals surface area contributed by atoms with Gasteiger partial charge in [-0.05, 0) is 32.1 Å². The lowest BCUT2D eigenvalue weighted by Crippen LogP contribution is -2.53. The minimum atomic E-state index is -0.865. The van der Waals surface area contributed by atoms with Crippen LogP contribution in [0.25, 0.3) is 0 Å². The first-order chi connectivity index (χ1) is 10.1. The average molecular weight is 313 g/mol. The number of carbonyl (C=O) groups excluding carboxylic acids is 2. The van der Waals surface area contributed by atoms with Crippen LogP contribution in [-0.2, 0) is 14.3 Å². The highest BCUT2D eigenvalue weighted by Gasteiger charge is 2.43. The average Bonchev–Trinajstić information content (AvgIpc) is 2.53. The maximum atomic E-state index is 12.4. The molecule has 0 unspecified atom stereocenters. The van der Waals surface area contributed by atoms with Crippen LogP contribution < -0.4 is 11.1 Å². The number of amides is 2. The molecule has 2 aliphatic rings. The molecule has 2 saturated heterocycles. The number of likely N-dealkylation sites (tertiary alicyclic amines) is 1. The van der Waals surface area contributed by atoms with Crippen molar-refractivity contribution in [3.63, 3.8) is 0 Å². The summed E-state index contributed by atoms with van der Waals surface area (Å²) in [6.07, 6.45) is 4.19. The second-order valence-electron chi connectivity index (χ2n) is 5.68. The summed E-state index contributed by atoms with van der Waals surface area (Å²) >= 11 is 5.07. The van der Waals surface area contributed by atoms with Crippen molar-refractivity contribution in [1.82, 2.24) is 10.2 Å². The number of hydrogen-bond donors (Lipinski definition) is 2. The molecule has 3 N–H and O–H groups in total. The van der Waals surface area contributed by atoms with Gasteiger partial charge in [0, 0.05) is 26.3 Å². The fourth-order valence-electron chi connectivity index (χ4n) is 2.89. The molecule has 2 heterocycles. The van der Waals surface area contributed by atoms with Crippen LogP contribution in [0, 0.1) is 5.41 Å². The van der Waals surface area contributed by atoms with E-state index >= 15 is 0 Å². The number of nitrogens with zero attached hydrogens (tertiary/aromatic N) is 1. The zero-order valence-electron chi connectivity index (χ0n) is 12.2. The molecule has 0 radical (unpaired) electrons. The van der Waals surface area contributed by atoms with Gasteiger partial charge in [-0.15, -0.1) is 0 Å². The summed E-state index contributed by atoms with van der Waals surface area (Å²) in [5, 5.41) is 2.72. The highest BCUT2D eigenvalue weighted by molar-refractivity contribution is 7.80. The molecule has 2 fully saturated rings. The first kappa shape index (κ1) is 16.2. The Kier molecular flexibility index (Phi) is 5.52. The Morgan fingerprint density at radius 1 is 1.19 bits per heavy atom. The molecule has 0 atom stereocenters. The zero-order valence-corrected chi connectivity index (χ0v) is 13.0. The van der Waals surface area contributed by atoms with E-state index < -0.39 is 5.41 Å². The van der Waals surface area contributed by atoms with Crippen molar-refractivity contribution in [3.05, 3.63) is 0 Å². The van der Waals surface area contributed by atoms with Gasteiger partial charge in [-0.1, -0.05) is 12.2 Å². The van der Waals surface area contributed by atoms with E-state index in [1.165, 1.54) is 6.42 Å². The van der Waals surface area contributed by atoms with Crippen LogP contribution in [0.3, 0.4) is 0 Å². The summed E-state index contributed by atoms with van der Waals surface area (Å²) in [4.78, 5) is 26.5. The van der Waals surface area contributed by atoms with Crippen LogP contribution in [0.15, 0.2) is 0 Å². The molecule has 0 saturated carbocycles. The summed E-state index contributed by atoms with van der Waals surface area (Å²) in [7, 11) is 0. The van der Waals surface area contributed by atoms with E-state index in [4.69, 9.17) is 22.7 Å². The minimum absolute atomic E-state index is 0.0179. The third-order valence-corrected chi connectivity index (χ3v) is 4.75. The molecule has 2 rings (SSSR count). The van der Waals surface area contributed by atoms with Crippen molar-refractivity contribution in [2.45, 2.75) is 32.1 Å². The van der Waals surface area contributed by atoms with Gasteiger partial charge >= 0.3 is 0 Å². The van der Waals surface area contributed by atoms with Gasteiger partial charge in [0.05, 0.1) is 11.5 Å². The quantitative estimate of drug-likeness (QED) is 0.724. The predicted octanol–water partition coefficient (Wildman–Crippen LogP) is 0.198. The largest absolute Gasteiger partial charge is 0.392 e. The number of thiocarbonyl (C=S) groups is 1. The lowest BCUT2D eigenvalue weighted by molar-refractivity contribution is -0.137. The molecule has 2 aliphatic heterocycles. The van der Waals surface area contributed by atoms with Gasteiger partial charge in [0.1, 0.15) is 5.41 Å². The van der Waals surface area contributed by atoms with Crippen molar-refractivity contribution < 1.29 is 14.3 Å². The summed E-state index contributed by atoms with van der Waals surface area (Å²) in [5.74, 6) is -0.281. The second kappa shape index (κ2) is 7.17. The molecule has 0 aliphatic carbocycles. The number of rotatable bonds is 4. The third kappa shape index (κ3) is 3.71. The molecule has 7 heteroatoms. The molecule has 118 valence electrons. The Hall–Kier alpha value is -1.21. The molecule has 2 amide bonds. The first-order valence-corrected chi connectivity index (χ1v) is 7.91. The van der Waals surface area contributed by atoms with Crippen molar-refractivity contribution in [2.24, 2.45) is 11.1 Å².